The maximum Gasteiger partial charge on any atom is 0.0266 e. The summed E-state index contributed by atoms with van der Waals surface area (Å²) in [5, 5.41) is 0. The summed E-state index contributed by atoms with van der Waals surface area (Å²) in [5.41, 5.74) is 0. The second kappa shape index (κ2) is 9.80. The molecule has 0 aromatic heterocycles. The van der Waals surface area contributed by atoms with Crippen LogP contribution in [0.2, 0.25) is 0 Å². The van der Waals surface area contributed by atoms with Crippen molar-refractivity contribution in [1.82, 2.24) is 18.6 Å². The van der Waals surface area contributed by atoms with Gasteiger partial charge in [-0.25, -0.2) is 8.84 Å². The van der Waals surface area contributed by atoms with Crippen molar-refractivity contribution >= 4 is 23.6 Å². The van der Waals surface area contributed by atoms with Crippen LogP contribution in [0.5, 0.6) is 0 Å². The zero-order chi connectivity index (χ0) is 12.8. The van der Waals surface area contributed by atoms with E-state index in [0.717, 1.165) is 78.3 Å². The Labute approximate surface area is 137 Å². The second-order valence-electron chi connectivity index (χ2n) is 5.21. The van der Waals surface area contributed by atoms with Gasteiger partial charge in [-0.1, -0.05) is 0 Å². The fraction of sp³-hybridized carbons (Fsp3) is 1.00. The quantitative estimate of drug-likeness (QED) is 0.482. The molecule has 0 aromatic rings. The molecule has 0 saturated carbocycles. The molecule has 0 aliphatic carbocycles. The van der Waals surface area contributed by atoms with Crippen LogP contribution in [0.1, 0.15) is 12.8 Å². The van der Waals surface area contributed by atoms with Gasteiger partial charge in [0.2, 0.25) is 0 Å². The van der Waals surface area contributed by atoms with E-state index >= 15 is 0 Å². The minimum atomic E-state index is 0. The SMILES string of the molecule is ClN1CCCN2CCN(Cl)CCCN(CC1)CC2.[Fe]. The van der Waals surface area contributed by atoms with Gasteiger partial charge in [-0.2, -0.15) is 0 Å². The minimum absolute atomic E-state index is 0. The number of nitrogens with zero attached hydrogens (tertiary/aromatic N) is 4. The summed E-state index contributed by atoms with van der Waals surface area (Å²) in [6.07, 6.45) is 2.29. The van der Waals surface area contributed by atoms with Gasteiger partial charge in [0.1, 0.15) is 0 Å². The summed E-state index contributed by atoms with van der Waals surface area (Å²) in [6.45, 7) is 10.6. The van der Waals surface area contributed by atoms with Crippen molar-refractivity contribution in [3.63, 3.8) is 0 Å². The Morgan fingerprint density at radius 1 is 0.474 bits per heavy atom. The molecule has 2 saturated heterocycles. The van der Waals surface area contributed by atoms with Crippen LogP contribution in [-0.2, 0) is 17.1 Å². The Balaban J connectivity index is 0.00000180. The topological polar surface area (TPSA) is 13.0 Å². The van der Waals surface area contributed by atoms with E-state index in [1.165, 1.54) is 0 Å². The standard InChI is InChI=1S/C12H24Cl2N4.Fe/c13-17-5-1-3-15-7-8-16(10-11-17)4-2-6-18(14)12-9-15;/h1-12H2;. The van der Waals surface area contributed by atoms with Gasteiger partial charge in [0, 0.05) is 69.4 Å². The summed E-state index contributed by atoms with van der Waals surface area (Å²) in [6, 6.07) is 0. The zero-order valence-corrected chi connectivity index (χ0v) is 14.0. The van der Waals surface area contributed by atoms with Crippen LogP contribution >= 0.6 is 23.6 Å². The molecule has 2 bridgehead atoms. The van der Waals surface area contributed by atoms with Gasteiger partial charge in [0.15, 0.2) is 0 Å². The van der Waals surface area contributed by atoms with Gasteiger partial charge in [-0.05, 0) is 49.5 Å². The maximum atomic E-state index is 6.21. The number of rotatable bonds is 0. The molecule has 2 aliphatic heterocycles. The first kappa shape index (κ1) is 18.0. The number of hydrogen-bond donors (Lipinski definition) is 0. The largest absolute Gasteiger partial charge is 0.301 e. The van der Waals surface area contributed by atoms with Crippen LogP contribution in [0.15, 0.2) is 0 Å². The van der Waals surface area contributed by atoms with Crippen molar-refractivity contribution in [2.24, 2.45) is 0 Å². The van der Waals surface area contributed by atoms with Crippen LogP contribution in [0.25, 0.3) is 0 Å². The van der Waals surface area contributed by atoms with Crippen molar-refractivity contribution in [3.8, 4) is 0 Å². The molecular formula is C12H24Cl2FeN4. The van der Waals surface area contributed by atoms with E-state index in [4.69, 9.17) is 23.6 Å². The summed E-state index contributed by atoms with van der Waals surface area (Å²) >= 11 is 12.4. The third-order valence-electron chi connectivity index (χ3n) is 3.80. The molecule has 19 heavy (non-hydrogen) atoms. The van der Waals surface area contributed by atoms with Crippen LogP contribution in [0.3, 0.4) is 0 Å². The van der Waals surface area contributed by atoms with Gasteiger partial charge >= 0.3 is 0 Å². The fourth-order valence-corrected chi connectivity index (χ4v) is 3.00. The summed E-state index contributed by atoms with van der Waals surface area (Å²) in [4.78, 5) is 5.04. The molecule has 2 rings (SSSR count). The monoisotopic (exact) mass is 350 g/mol. The molecule has 114 valence electrons. The minimum Gasteiger partial charge on any atom is -0.301 e. The molecule has 0 aromatic carbocycles. The molecule has 2 aliphatic rings. The first-order valence-electron chi connectivity index (χ1n) is 7.00. The predicted molar refractivity (Wildman–Crippen MR) is 77.0 cm³/mol. The Morgan fingerprint density at radius 3 is 1.26 bits per heavy atom. The molecule has 7 heteroatoms. The van der Waals surface area contributed by atoms with Gasteiger partial charge < -0.3 is 9.80 Å². The van der Waals surface area contributed by atoms with Crippen molar-refractivity contribution < 1.29 is 17.1 Å². The maximum absolute atomic E-state index is 6.21. The van der Waals surface area contributed by atoms with Crippen LogP contribution < -0.4 is 0 Å². The third kappa shape index (κ3) is 6.96. The first-order valence-corrected chi connectivity index (χ1v) is 7.68. The van der Waals surface area contributed by atoms with Gasteiger partial charge in [0.25, 0.3) is 0 Å². The average Bonchev–Trinajstić information content (AvgIpc) is 2.37. The van der Waals surface area contributed by atoms with E-state index in [9.17, 15) is 0 Å². The molecule has 2 unspecified atom stereocenters. The molecule has 0 amide bonds. The van der Waals surface area contributed by atoms with E-state index in [1.54, 1.807) is 0 Å². The van der Waals surface area contributed by atoms with Gasteiger partial charge in [-0.3, -0.25) is 0 Å². The Hall–Kier alpha value is 0.939. The number of halogens is 2. The smallest absolute Gasteiger partial charge is 0.0266 e. The molecule has 4 nitrogen and oxygen atoms in total. The van der Waals surface area contributed by atoms with E-state index in [-0.39, 0.29) is 17.1 Å². The first-order chi connectivity index (χ1) is 8.74. The molecule has 0 N–H and O–H groups in total. The van der Waals surface area contributed by atoms with Gasteiger partial charge in [-0.15, -0.1) is 0 Å². The van der Waals surface area contributed by atoms with Crippen LogP contribution in [0.4, 0.5) is 0 Å². The molecular weight excluding hydrogens is 327 g/mol. The summed E-state index contributed by atoms with van der Waals surface area (Å²) in [5.74, 6) is 0. The fourth-order valence-electron chi connectivity index (χ4n) is 2.61. The van der Waals surface area contributed by atoms with Crippen molar-refractivity contribution in [3.05, 3.63) is 0 Å². The Kier molecular flexibility index (Phi) is 9.28. The number of fused-ring (bicyclic) bond motifs is 3. The van der Waals surface area contributed by atoms with Crippen molar-refractivity contribution in [2.45, 2.75) is 12.8 Å². The second-order valence-corrected chi connectivity index (χ2v) is 6.17. The van der Waals surface area contributed by atoms with E-state index in [0.29, 0.717) is 0 Å². The molecule has 0 spiro atoms. The Bertz CT molecular complexity index is 224. The molecule has 0 radical (unpaired) electrons. The van der Waals surface area contributed by atoms with E-state index in [1.807, 2.05) is 8.84 Å². The Morgan fingerprint density at radius 2 is 0.842 bits per heavy atom. The molecule has 2 fully saturated rings. The number of hydrogen-bond acceptors (Lipinski definition) is 4. The molecule has 2 atom stereocenters. The van der Waals surface area contributed by atoms with Crippen LogP contribution in [0, 0.1) is 0 Å². The van der Waals surface area contributed by atoms with Crippen molar-refractivity contribution in [2.75, 3.05) is 65.4 Å². The summed E-state index contributed by atoms with van der Waals surface area (Å²) < 4.78 is 3.88. The summed E-state index contributed by atoms with van der Waals surface area (Å²) in [7, 11) is 0. The third-order valence-corrected chi connectivity index (χ3v) is 4.48. The van der Waals surface area contributed by atoms with Crippen LogP contribution in [-0.4, -0.2) is 84.1 Å². The zero-order valence-electron chi connectivity index (χ0n) is 11.4. The van der Waals surface area contributed by atoms with Gasteiger partial charge in [0.05, 0.1) is 0 Å². The molecule has 2 heterocycles. The normalized spacial score (nSPS) is 32.5. The van der Waals surface area contributed by atoms with E-state index in [2.05, 4.69) is 9.80 Å². The average molecular weight is 351 g/mol. The van der Waals surface area contributed by atoms with Crippen molar-refractivity contribution in [1.29, 1.82) is 0 Å². The van der Waals surface area contributed by atoms with E-state index < -0.39 is 0 Å². The predicted octanol–water partition coefficient (Wildman–Crippen LogP) is 1.31.